The van der Waals surface area contributed by atoms with Crippen molar-refractivity contribution in [1.29, 1.82) is 0 Å². The number of amides is 1. The van der Waals surface area contributed by atoms with Crippen LogP contribution in [0.15, 0.2) is 60.7 Å². The van der Waals surface area contributed by atoms with Gasteiger partial charge < -0.3 is 11.1 Å². The smallest absolute Gasteiger partial charge is 0.348 e. The van der Waals surface area contributed by atoms with Gasteiger partial charge in [-0.25, -0.2) is 0 Å². The second-order valence-corrected chi connectivity index (χ2v) is 6.43. The van der Waals surface area contributed by atoms with Gasteiger partial charge in [-0.2, -0.15) is 13.2 Å². The predicted molar refractivity (Wildman–Crippen MR) is 100 cm³/mol. The third-order valence-corrected chi connectivity index (χ3v) is 4.40. The van der Waals surface area contributed by atoms with E-state index >= 15 is 0 Å². The van der Waals surface area contributed by atoms with Crippen molar-refractivity contribution in [2.24, 2.45) is 5.73 Å². The molecule has 3 aromatic rings. The predicted octanol–water partition coefficient (Wildman–Crippen LogP) is 4.60. The second-order valence-electron chi connectivity index (χ2n) is 6.43. The summed E-state index contributed by atoms with van der Waals surface area (Å²) in [5, 5.41) is 4.50. The Balaban J connectivity index is 1.97. The Morgan fingerprint density at radius 1 is 1.07 bits per heavy atom. The maximum atomic E-state index is 12.8. The Hall–Kier alpha value is -2.86. The number of rotatable bonds is 4. The Bertz CT molecular complexity index is 965. The fourth-order valence-electron chi connectivity index (χ4n) is 2.88. The van der Waals surface area contributed by atoms with Crippen LogP contribution in [-0.2, 0) is 6.18 Å². The average molecular weight is 372 g/mol. The van der Waals surface area contributed by atoms with Crippen molar-refractivity contribution < 1.29 is 18.0 Å². The van der Waals surface area contributed by atoms with E-state index in [1.807, 2.05) is 31.2 Å². The molecular weight excluding hydrogens is 353 g/mol. The fourth-order valence-corrected chi connectivity index (χ4v) is 2.88. The minimum Gasteiger partial charge on any atom is -0.348 e. The van der Waals surface area contributed by atoms with Crippen LogP contribution in [0.25, 0.3) is 21.9 Å². The first kappa shape index (κ1) is 18.9. The molecule has 0 fully saturated rings. The topological polar surface area (TPSA) is 55.1 Å². The van der Waals surface area contributed by atoms with Crippen LogP contribution in [0.3, 0.4) is 0 Å². The molecule has 3 nitrogen and oxygen atoms in total. The van der Waals surface area contributed by atoms with E-state index in [2.05, 4.69) is 5.32 Å². The maximum absolute atomic E-state index is 12.8. The minimum atomic E-state index is -4.36. The van der Waals surface area contributed by atoms with Crippen LogP contribution in [-0.4, -0.2) is 18.5 Å². The largest absolute Gasteiger partial charge is 0.416 e. The van der Waals surface area contributed by atoms with Crippen LogP contribution in [0.1, 0.15) is 22.8 Å². The zero-order chi connectivity index (χ0) is 19.6. The lowest BCUT2D eigenvalue weighted by atomic mass is 9.96. The summed E-state index contributed by atoms with van der Waals surface area (Å²) < 4.78 is 38.3. The molecule has 0 bridgehead atoms. The standard InChI is InChI=1S/C21H19F3N2O/c1-13(12-25)26-20(27)16-7-10-19-15(11-16)3-2-4-18(19)14-5-8-17(9-6-14)21(22,23)24/h2-11,13H,12,25H2,1H3,(H,26,27). The highest BCUT2D eigenvalue weighted by Gasteiger charge is 2.30. The molecule has 3 aromatic carbocycles. The Morgan fingerprint density at radius 2 is 1.78 bits per heavy atom. The van der Waals surface area contributed by atoms with Gasteiger partial charge in [0.2, 0.25) is 0 Å². The summed E-state index contributed by atoms with van der Waals surface area (Å²) in [6.45, 7) is 2.17. The fraction of sp³-hybridized carbons (Fsp3) is 0.190. The molecule has 0 aliphatic rings. The van der Waals surface area contributed by atoms with Crippen molar-refractivity contribution in [2.45, 2.75) is 19.1 Å². The van der Waals surface area contributed by atoms with E-state index in [1.54, 1.807) is 12.1 Å². The molecule has 0 spiro atoms. The summed E-state index contributed by atoms with van der Waals surface area (Å²) in [7, 11) is 0. The summed E-state index contributed by atoms with van der Waals surface area (Å²) in [5.74, 6) is -0.213. The summed E-state index contributed by atoms with van der Waals surface area (Å²) in [6, 6.07) is 15.7. The zero-order valence-electron chi connectivity index (χ0n) is 14.7. The van der Waals surface area contributed by atoms with Gasteiger partial charge in [0.05, 0.1) is 5.56 Å². The number of alkyl halides is 3. The Labute approximate surface area is 155 Å². The van der Waals surface area contributed by atoms with Gasteiger partial charge in [-0.05, 0) is 53.1 Å². The molecule has 1 atom stereocenters. The van der Waals surface area contributed by atoms with Crippen molar-refractivity contribution in [3.8, 4) is 11.1 Å². The molecule has 27 heavy (non-hydrogen) atoms. The van der Waals surface area contributed by atoms with Gasteiger partial charge in [-0.15, -0.1) is 0 Å². The van der Waals surface area contributed by atoms with Crippen LogP contribution >= 0.6 is 0 Å². The molecule has 140 valence electrons. The first-order valence-electron chi connectivity index (χ1n) is 8.51. The third-order valence-electron chi connectivity index (χ3n) is 4.40. The van der Waals surface area contributed by atoms with Crippen LogP contribution in [0.5, 0.6) is 0 Å². The molecule has 3 N–H and O–H groups in total. The molecule has 0 aliphatic heterocycles. The highest BCUT2D eigenvalue weighted by molar-refractivity contribution is 6.02. The Morgan fingerprint density at radius 3 is 2.41 bits per heavy atom. The van der Waals surface area contributed by atoms with Gasteiger partial charge in [-0.3, -0.25) is 4.79 Å². The number of halogens is 3. The van der Waals surface area contributed by atoms with Crippen LogP contribution in [0, 0.1) is 0 Å². The number of carbonyl (C=O) groups excluding carboxylic acids is 1. The van der Waals surface area contributed by atoms with E-state index < -0.39 is 11.7 Å². The molecule has 0 aromatic heterocycles. The van der Waals surface area contributed by atoms with E-state index in [1.165, 1.54) is 12.1 Å². The molecule has 0 radical (unpaired) electrons. The van der Waals surface area contributed by atoms with Gasteiger partial charge in [0.15, 0.2) is 0 Å². The van der Waals surface area contributed by atoms with Gasteiger partial charge in [0, 0.05) is 18.2 Å². The first-order chi connectivity index (χ1) is 12.8. The number of fused-ring (bicyclic) bond motifs is 1. The number of hydrogen-bond donors (Lipinski definition) is 2. The Kier molecular flexibility index (Phi) is 5.19. The monoisotopic (exact) mass is 372 g/mol. The summed E-state index contributed by atoms with van der Waals surface area (Å²) in [5.41, 5.74) is 6.84. The molecule has 0 saturated carbocycles. The third kappa shape index (κ3) is 4.11. The molecule has 1 amide bonds. The number of nitrogens with two attached hydrogens (primary N) is 1. The molecule has 0 saturated heterocycles. The second kappa shape index (κ2) is 7.40. The van der Waals surface area contributed by atoms with E-state index in [0.29, 0.717) is 17.7 Å². The lowest BCUT2D eigenvalue weighted by Crippen LogP contribution is -2.37. The zero-order valence-corrected chi connectivity index (χ0v) is 14.7. The van der Waals surface area contributed by atoms with Gasteiger partial charge in [-0.1, -0.05) is 36.4 Å². The summed E-state index contributed by atoms with van der Waals surface area (Å²) in [6.07, 6.45) is -4.36. The van der Waals surface area contributed by atoms with Crippen molar-refractivity contribution >= 4 is 16.7 Å². The maximum Gasteiger partial charge on any atom is 0.416 e. The normalized spacial score (nSPS) is 12.8. The van der Waals surface area contributed by atoms with Gasteiger partial charge in [0.1, 0.15) is 0 Å². The highest BCUT2D eigenvalue weighted by Crippen LogP contribution is 2.33. The quantitative estimate of drug-likeness (QED) is 0.703. The van der Waals surface area contributed by atoms with Crippen LogP contribution in [0.4, 0.5) is 13.2 Å². The highest BCUT2D eigenvalue weighted by atomic mass is 19.4. The summed E-state index contributed by atoms with van der Waals surface area (Å²) >= 11 is 0. The molecule has 3 rings (SSSR count). The van der Waals surface area contributed by atoms with Crippen LogP contribution < -0.4 is 11.1 Å². The number of hydrogen-bond acceptors (Lipinski definition) is 2. The molecular formula is C21H19F3N2O. The van der Waals surface area contributed by atoms with Crippen molar-refractivity contribution in [3.63, 3.8) is 0 Å². The first-order valence-corrected chi connectivity index (χ1v) is 8.51. The SMILES string of the molecule is CC(CN)NC(=O)c1ccc2c(-c3ccc(C(F)(F)F)cc3)cccc2c1. The van der Waals surface area contributed by atoms with E-state index in [-0.39, 0.29) is 11.9 Å². The molecule has 6 heteroatoms. The lowest BCUT2D eigenvalue weighted by Gasteiger charge is -2.13. The van der Waals surface area contributed by atoms with E-state index in [0.717, 1.165) is 28.5 Å². The average Bonchev–Trinajstić information content (AvgIpc) is 2.66. The number of carbonyl (C=O) groups is 1. The van der Waals surface area contributed by atoms with Crippen molar-refractivity contribution in [1.82, 2.24) is 5.32 Å². The van der Waals surface area contributed by atoms with Gasteiger partial charge >= 0.3 is 6.18 Å². The van der Waals surface area contributed by atoms with Crippen molar-refractivity contribution in [2.75, 3.05) is 6.54 Å². The van der Waals surface area contributed by atoms with E-state index in [9.17, 15) is 18.0 Å². The molecule has 0 heterocycles. The van der Waals surface area contributed by atoms with Crippen LogP contribution in [0.2, 0.25) is 0 Å². The van der Waals surface area contributed by atoms with E-state index in [4.69, 9.17) is 5.73 Å². The lowest BCUT2D eigenvalue weighted by molar-refractivity contribution is -0.137. The minimum absolute atomic E-state index is 0.133. The molecule has 1 unspecified atom stereocenters. The van der Waals surface area contributed by atoms with Crippen molar-refractivity contribution in [3.05, 3.63) is 71.8 Å². The number of nitrogens with one attached hydrogen (secondary N) is 1. The summed E-state index contributed by atoms with van der Waals surface area (Å²) in [4.78, 5) is 12.3. The number of benzene rings is 3. The molecule has 0 aliphatic carbocycles. The van der Waals surface area contributed by atoms with Gasteiger partial charge in [0.25, 0.3) is 5.91 Å².